The topological polar surface area (TPSA) is 96.7 Å². The lowest BCUT2D eigenvalue weighted by atomic mass is 10.2. The number of nitrogens with one attached hydrogen (secondary N) is 2. The Balaban J connectivity index is 1.90. The van der Waals surface area contributed by atoms with Gasteiger partial charge in [-0.15, -0.1) is 0 Å². The smallest absolute Gasteiger partial charge is 0.276 e. The molecule has 1 amide bonds. The van der Waals surface area contributed by atoms with Crippen molar-refractivity contribution in [3.05, 3.63) is 48.3 Å². The molecule has 19 heavy (non-hydrogen) atoms. The van der Waals surface area contributed by atoms with Crippen molar-refractivity contribution in [2.24, 2.45) is 0 Å². The number of aromatic nitrogens is 3. The van der Waals surface area contributed by atoms with E-state index in [1.807, 2.05) is 24.3 Å². The lowest BCUT2D eigenvalue weighted by Crippen LogP contribution is -2.13. The first-order chi connectivity index (χ1) is 9.24. The average molecular weight is 253 g/mol. The van der Waals surface area contributed by atoms with Crippen LogP contribution in [0.3, 0.4) is 0 Å². The molecule has 0 saturated heterocycles. The number of pyridine rings is 1. The van der Waals surface area contributed by atoms with Crippen molar-refractivity contribution < 1.29 is 4.79 Å². The number of nitrogens with two attached hydrogens (primary N) is 1. The van der Waals surface area contributed by atoms with Crippen molar-refractivity contribution in [2.45, 2.75) is 0 Å². The lowest BCUT2D eigenvalue weighted by molar-refractivity contribution is 0.102. The highest BCUT2D eigenvalue weighted by atomic mass is 16.1. The van der Waals surface area contributed by atoms with Crippen LogP contribution in [-0.2, 0) is 0 Å². The summed E-state index contributed by atoms with van der Waals surface area (Å²) in [5, 5.41) is 10.3. The number of hydrogen-bond acceptors (Lipinski definition) is 4. The van der Waals surface area contributed by atoms with E-state index in [0.29, 0.717) is 17.2 Å². The first-order valence-corrected chi connectivity index (χ1v) is 5.70. The molecule has 0 saturated carbocycles. The standard InChI is InChI=1S/C13H11N5O/c14-11-6-5-8(7-15-11)16-13(19)12-9-3-1-2-4-10(9)17-18-12/h1-7H,(H2,14,15)(H,16,19)(H,17,18). The molecule has 0 fully saturated rings. The van der Waals surface area contributed by atoms with Crippen LogP contribution in [-0.4, -0.2) is 21.1 Å². The number of carbonyl (C=O) groups is 1. The van der Waals surface area contributed by atoms with Gasteiger partial charge in [-0.2, -0.15) is 5.10 Å². The van der Waals surface area contributed by atoms with Crippen molar-refractivity contribution in [1.29, 1.82) is 0 Å². The third kappa shape index (κ3) is 2.11. The molecule has 0 aliphatic rings. The monoisotopic (exact) mass is 253 g/mol. The molecule has 0 spiro atoms. The second kappa shape index (κ2) is 4.41. The minimum Gasteiger partial charge on any atom is -0.384 e. The van der Waals surface area contributed by atoms with Crippen LogP contribution >= 0.6 is 0 Å². The van der Waals surface area contributed by atoms with E-state index in [9.17, 15) is 4.79 Å². The van der Waals surface area contributed by atoms with Crippen LogP contribution in [0.15, 0.2) is 42.6 Å². The van der Waals surface area contributed by atoms with Gasteiger partial charge in [0.1, 0.15) is 5.82 Å². The highest BCUT2D eigenvalue weighted by Gasteiger charge is 2.13. The van der Waals surface area contributed by atoms with E-state index < -0.39 is 0 Å². The van der Waals surface area contributed by atoms with Crippen molar-refractivity contribution in [3.8, 4) is 0 Å². The number of aromatic amines is 1. The van der Waals surface area contributed by atoms with Gasteiger partial charge in [0.2, 0.25) is 0 Å². The zero-order chi connectivity index (χ0) is 13.2. The van der Waals surface area contributed by atoms with E-state index in [1.54, 1.807) is 12.1 Å². The Labute approximate surface area is 108 Å². The number of rotatable bonds is 2. The summed E-state index contributed by atoms with van der Waals surface area (Å²) in [5.41, 5.74) is 7.24. The van der Waals surface area contributed by atoms with Gasteiger partial charge in [-0.25, -0.2) is 4.98 Å². The Bertz CT molecular complexity index is 732. The van der Waals surface area contributed by atoms with E-state index in [2.05, 4.69) is 20.5 Å². The van der Waals surface area contributed by atoms with Crippen LogP contribution in [0.2, 0.25) is 0 Å². The summed E-state index contributed by atoms with van der Waals surface area (Å²) in [4.78, 5) is 16.0. The summed E-state index contributed by atoms with van der Waals surface area (Å²) in [6.07, 6.45) is 1.50. The van der Waals surface area contributed by atoms with Crippen LogP contribution in [0.5, 0.6) is 0 Å². The van der Waals surface area contributed by atoms with Gasteiger partial charge in [0.25, 0.3) is 5.91 Å². The van der Waals surface area contributed by atoms with Gasteiger partial charge in [-0.05, 0) is 18.2 Å². The second-order valence-electron chi connectivity index (χ2n) is 4.04. The lowest BCUT2D eigenvalue weighted by Gasteiger charge is -2.03. The summed E-state index contributed by atoms with van der Waals surface area (Å²) in [6.45, 7) is 0. The van der Waals surface area contributed by atoms with Gasteiger partial charge < -0.3 is 11.1 Å². The highest BCUT2D eigenvalue weighted by Crippen LogP contribution is 2.16. The Morgan fingerprint density at radius 2 is 2.05 bits per heavy atom. The molecule has 1 aromatic carbocycles. The fourth-order valence-corrected chi connectivity index (χ4v) is 1.81. The molecule has 0 unspecified atom stereocenters. The molecule has 2 heterocycles. The average Bonchev–Trinajstić information content (AvgIpc) is 2.85. The molecule has 94 valence electrons. The van der Waals surface area contributed by atoms with Gasteiger partial charge in [0, 0.05) is 5.39 Å². The number of hydrogen-bond donors (Lipinski definition) is 3. The Kier molecular flexibility index (Phi) is 2.60. The summed E-state index contributed by atoms with van der Waals surface area (Å²) in [6, 6.07) is 10.8. The quantitative estimate of drug-likeness (QED) is 0.648. The number of nitrogens with zero attached hydrogens (tertiary/aromatic N) is 2. The fourth-order valence-electron chi connectivity index (χ4n) is 1.81. The second-order valence-corrected chi connectivity index (χ2v) is 4.04. The summed E-state index contributed by atoms with van der Waals surface area (Å²) < 4.78 is 0. The molecular weight excluding hydrogens is 242 g/mol. The Morgan fingerprint density at radius 1 is 1.21 bits per heavy atom. The number of fused-ring (bicyclic) bond motifs is 1. The van der Waals surface area contributed by atoms with Gasteiger partial charge >= 0.3 is 0 Å². The number of amides is 1. The first-order valence-electron chi connectivity index (χ1n) is 5.70. The van der Waals surface area contributed by atoms with Crippen molar-refractivity contribution in [3.63, 3.8) is 0 Å². The van der Waals surface area contributed by atoms with Crippen molar-refractivity contribution >= 4 is 28.3 Å². The number of para-hydroxylation sites is 1. The molecule has 0 aliphatic heterocycles. The third-order valence-electron chi connectivity index (χ3n) is 2.73. The van der Waals surface area contributed by atoms with E-state index >= 15 is 0 Å². The van der Waals surface area contributed by atoms with Gasteiger partial charge in [-0.3, -0.25) is 9.89 Å². The predicted octanol–water partition coefficient (Wildman–Crippen LogP) is 1.79. The number of nitrogen functional groups attached to an aromatic ring is 1. The van der Waals surface area contributed by atoms with Crippen molar-refractivity contribution in [2.75, 3.05) is 11.1 Å². The van der Waals surface area contributed by atoms with Crippen LogP contribution in [0.1, 0.15) is 10.5 Å². The van der Waals surface area contributed by atoms with Crippen LogP contribution < -0.4 is 11.1 Å². The molecule has 6 heteroatoms. The Hall–Kier alpha value is -2.89. The Morgan fingerprint density at radius 3 is 2.84 bits per heavy atom. The molecule has 4 N–H and O–H groups in total. The maximum atomic E-state index is 12.1. The van der Waals surface area contributed by atoms with Gasteiger partial charge in [-0.1, -0.05) is 18.2 Å². The van der Waals surface area contributed by atoms with E-state index in [0.717, 1.165) is 10.9 Å². The molecule has 0 bridgehead atoms. The zero-order valence-corrected chi connectivity index (χ0v) is 9.92. The molecule has 3 rings (SSSR count). The van der Waals surface area contributed by atoms with Crippen LogP contribution in [0, 0.1) is 0 Å². The molecule has 0 aliphatic carbocycles. The summed E-state index contributed by atoms with van der Waals surface area (Å²) in [7, 11) is 0. The van der Waals surface area contributed by atoms with Crippen LogP contribution in [0.25, 0.3) is 10.9 Å². The van der Waals surface area contributed by atoms with Gasteiger partial charge in [0.15, 0.2) is 5.69 Å². The SMILES string of the molecule is Nc1ccc(NC(=O)c2n[nH]c3ccccc23)cn1. The number of benzene rings is 1. The van der Waals surface area contributed by atoms with E-state index in [-0.39, 0.29) is 5.91 Å². The minimum atomic E-state index is -0.288. The molecule has 0 atom stereocenters. The van der Waals surface area contributed by atoms with Gasteiger partial charge in [0.05, 0.1) is 17.4 Å². The molecule has 2 aromatic heterocycles. The molecular formula is C13H11N5O. The number of anilines is 2. The summed E-state index contributed by atoms with van der Waals surface area (Å²) in [5.74, 6) is 0.118. The maximum Gasteiger partial charge on any atom is 0.276 e. The molecule has 0 radical (unpaired) electrons. The first kappa shape index (κ1) is 11.2. The fraction of sp³-hybridized carbons (Fsp3) is 0. The minimum absolute atomic E-state index is 0.288. The number of H-pyrrole nitrogens is 1. The third-order valence-corrected chi connectivity index (χ3v) is 2.73. The normalized spacial score (nSPS) is 10.5. The molecule has 3 aromatic rings. The largest absolute Gasteiger partial charge is 0.384 e. The predicted molar refractivity (Wildman–Crippen MR) is 72.7 cm³/mol. The van der Waals surface area contributed by atoms with Crippen LogP contribution in [0.4, 0.5) is 11.5 Å². The van der Waals surface area contributed by atoms with E-state index in [4.69, 9.17) is 5.73 Å². The maximum absolute atomic E-state index is 12.1. The van der Waals surface area contributed by atoms with Crippen molar-refractivity contribution in [1.82, 2.24) is 15.2 Å². The zero-order valence-electron chi connectivity index (χ0n) is 9.92. The molecule has 6 nitrogen and oxygen atoms in total. The summed E-state index contributed by atoms with van der Waals surface area (Å²) >= 11 is 0. The highest BCUT2D eigenvalue weighted by molar-refractivity contribution is 6.11. The number of carbonyl (C=O) groups excluding carboxylic acids is 1. The van der Waals surface area contributed by atoms with E-state index in [1.165, 1.54) is 6.20 Å².